The number of carbonyl (C=O) groups excluding carboxylic acids is 1. The Morgan fingerprint density at radius 2 is 1.93 bits per heavy atom. The summed E-state index contributed by atoms with van der Waals surface area (Å²) in [5.41, 5.74) is 0.436. The van der Waals surface area contributed by atoms with E-state index in [1.54, 1.807) is 18.2 Å². The van der Waals surface area contributed by atoms with Crippen LogP contribution in [-0.2, 0) is 0 Å². The van der Waals surface area contributed by atoms with Crippen molar-refractivity contribution < 1.29 is 14.3 Å². The maximum Gasteiger partial charge on any atom is 0.287 e. The molecule has 1 heterocycles. The van der Waals surface area contributed by atoms with Crippen molar-refractivity contribution in [2.75, 3.05) is 0 Å². The van der Waals surface area contributed by atoms with E-state index in [1.807, 2.05) is 36.4 Å². The van der Waals surface area contributed by atoms with Gasteiger partial charge in [-0.2, -0.15) is 0 Å². The highest BCUT2D eigenvalue weighted by molar-refractivity contribution is 6.30. The average molecular weight is 394 g/mol. The first-order valence-electron chi connectivity index (χ1n) is 9.31. The van der Waals surface area contributed by atoms with Gasteiger partial charge in [-0.15, -0.1) is 0 Å². The number of halogens is 1. The van der Waals surface area contributed by atoms with Gasteiger partial charge in [0.2, 0.25) is 0 Å². The topological polar surface area (TPSA) is 62.5 Å². The molecule has 0 radical (unpaired) electrons. The van der Waals surface area contributed by atoms with Crippen LogP contribution >= 0.6 is 11.6 Å². The minimum atomic E-state index is -1.04. The summed E-state index contributed by atoms with van der Waals surface area (Å²) in [5, 5.41) is 15.3. The maximum atomic E-state index is 12.5. The van der Waals surface area contributed by atoms with E-state index in [0.717, 1.165) is 10.9 Å². The quantitative estimate of drug-likeness (QED) is 0.628. The monoisotopic (exact) mass is 393 g/mol. The first-order chi connectivity index (χ1) is 13.5. The molecule has 4 nitrogen and oxygen atoms in total. The first-order valence-corrected chi connectivity index (χ1v) is 9.69. The van der Waals surface area contributed by atoms with Gasteiger partial charge in [-0.25, -0.2) is 0 Å². The third kappa shape index (κ3) is 4.22. The molecular formula is C23H20ClNO3. The van der Waals surface area contributed by atoms with E-state index in [2.05, 4.69) is 17.2 Å². The fourth-order valence-corrected chi connectivity index (χ4v) is 3.66. The standard InChI is InChI=1S/C23H20ClNO3/c24-18-6-3-4-16(14-18)8-11-23(27)12-9-19(10-13-23)25-22(26)21-15-17-5-1-2-7-20(17)28-21/h1-7,14-15,19,27H,9-10,12-13H2,(H,25,26). The number of rotatable bonds is 2. The summed E-state index contributed by atoms with van der Waals surface area (Å²) in [5.74, 6) is 6.07. The maximum absolute atomic E-state index is 12.5. The minimum Gasteiger partial charge on any atom is -0.451 e. The van der Waals surface area contributed by atoms with Crippen LogP contribution in [0.5, 0.6) is 0 Å². The summed E-state index contributed by atoms with van der Waals surface area (Å²) < 4.78 is 5.61. The fraction of sp³-hybridized carbons (Fsp3) is 0.261. The molecule has 1 aliphatic carbocycles. The molecule has 2 N–H and O–H groups in total. The Balaban J connectivity index is 1.36. The summed E-state index contributed by atoms with van der Waals surface area (Å²) >= 11 is 5.97. The van der Waals surface area contributed by atoms with Gasteiger partial charge in [0, 0.05) is 22.0 Å². The van der Waals surface area contributed by atoms with Crippen LogP contribution in [0.2, 0.25) is 5.02 Å². The lowest BCUT2D eigenvalue weighted by atomic mass is 9.82. The molecule has 2 aromatic carbocycles. The number of benzene rings is 2. The van der Waals surface area contributed by atoms with Crippen LogP contribution in [0.4, 0.5) is 0 Å². The molecule has 0 spiro atoms. The van der Waals surface area contributed by atoms with Gasteiger partial charge >= 0.3 is 0 Å². The summed E-state index contributed by atoms with van der Waals surface area (Å²) in [6, 6.07) is 16.5. The smallest absolute Gasteiger partial charge is 0.287 e. The van der Waals surface area contributed by atoms with Crippen molar-refractivity contribution >= 4 is 28.5 Å². The number of carbonyl (C=O) groups is 1. The van der Waals surface area contributed by atoms with E-state index in [-0.39, 0.29) is 11.9 Å². The molecule has 1 fully saturated rings. The number of furan rings is 1. The lowest BCUT2D eigenvalue weighted by Gasteiger charge is -2.32. The first kappa shape index (κ1) is 18.6. The number of nitrogens with one attached hydrogen (secondary N) is 1. The fourth-order valence-electron chi connectivity index (χ4n) is 3.47. The number of aliphatic hydroxyl groups is 1. The zero-order valence-corrected chi connectivity index (χ0v) is 16.0. The zero-order chi connectivity index (χ0) is 19.6. The molecule has 0 atom stereocenters. The number of fused-ring (bicyclic) bond motifs is 1. The molecule has 0 aliphatic heterocycles. The summed E-state index contributed by atoms with van der Waals surface area (Å²) in [6.45, 7) is 0. The second kappa shape index (κ2) is 7.71. The predicted molar refractivity (Wildman–Crippen MR) is 109 cm³/mol. The van der Waals surface area contributed by atoms with Crippen LogP contribution in [0, 0.1) is 11.8 Å². The van der Waals surface area contributed by atoms with E-state index >= 15 is 0 Å². The third-order valence-electron chi connectivity index (χ3n) is 5.06. The van der Waals surface area contributed by atoms with Crippen molar-refractivity contribution in [3.8, 4) is 11.8 Å². The van der Waals surface area contributed by atoms with Crippen molar-refractivity contribution in [2.45, 2.75) is 37.3 Å². The Morgan fingerprint density at radius 3 is 2.68 bits per heavy atom. The van der Waals surface area contributed by atoms with Gasteiger partial charge in [0.15, 0.2) is 5.76 Å². The third-order valence-corrected chi connectivity index (χ3v) is 5.30. The van der Waals surface area contributed by atoms with Gasteiger partial charge < -0.3 is 14.8 Å². The van der Waals surface area contributed by atoms with E-state index in [9.17, 15) is 9.90 Å². The zero-order valence-electron chi connectivity index (χ0n) is 15.2. The van der Waals surface area contributed by atoms with E-state index in [0.29, 0.717) is 42.0 Å². The van der Waals surface area contributed by atoms with E-state index in [1.165, 1.54) is 0 Å². The van der Waals surface area contributed by atoms with Crippen LogP contribution in [-0.4, -0.2) is 22.7 Å². The number of para-hydroxylation sites is 1. The summed E-state index contributed by atoms with van der Waals surface area (Å²) in [6.07, 6.45) is 2.33. The molecule has 4 rings (SSSR count). The van der Waals surface area contributed by atoms with Crippen LogP contribution in [0.1, 0.15) is 41.8 Å². The largest absolute Gasteiger partial charge is 0.451 e. The van der Waals surface area contributed by atoms with Gasteiger partial charge in [-0.05, 0) is 56.0 Å². The molecule has 1 aromatic heterocycles. The van der Waals surface area contributed by atoms with Gasteiger partial charge in [0.25, 0.3) is 5.91 Å². The minimum absolute atomic E-state index is 0.00560. The molecule has 142 valence electrons. The molecule has 0 saturated heterocycles. The molecule has 0 bridgehead atoms. The second-order valence-electron chi connectivity index (χ2n) is 7.19. The van der Waals surface area contributed by atoms with Crippen LogP contribution < -0.4 is 5.32 Å². The highest BCUT2D eigenvalue weighted by atomic mass is 35.5. The molecule has 1 saturated carbocycles. The van der Waals surface area contributed by atoms with Crippen molar-refractivity contribution in [3.05, 3.63) is 70.9 Å². The lowest BCUT2D eigenvalue weighted by molar-refractivity contribution is 0.0487. The van der Waals surface area contributed by atoms with Crippen LogP contribution in [0.3, 0.4) is 0 Å². The Bertz CT molecular complexity index is 1030. The molecule has 28 heavy (non-hydrogen) atoms. The summed E-state index contributed by atoms with van der Waals surface area (Å²) in [7, 11) is 0. The van der Waals surface area contributed by atoms with Crippen molar-refractivity contribution in [2.24, 2.45) is 0 Å². The molecule has 1 amide bonds. The predicted octanol–water partition coefficient (Wildman–Crippen LogP) is 4.54. The Hall–Kier alpha value is -2.74. The SMILES string of the molecule is O=C(NC1CCC(O)(C#Cc2cccc(Cl)c2)CC1)c1cc2ccccc2o1. The van der Waals surface area contributed by atoms with Crippen molar-refractivity contribution in [1.82, 2.24) is 5.32 Å². The molecule has 5 heteroatoms. The second-order valence-corrected chi connectivity index (χ2v) is 7.62. The average Bonchev–Trinajstić information content (AvgIpc) is 3.13. The summed E-state index contributed by atoms with van der Waals surface area (Å²) in [4.78, 5) is 12.5. The molecule has 1 aliphatic rings. The lowest BCUT2D eigenvalue weighted by Crippen LogP contribution is -2.42. The highest BCUT2D eigenvalue weighted by Gasteiger charge is 2.32. The Kier molecular flexibility index (Phi) is 5.13. The van der Waals surface area contributed by atoms with E-state index in [4.69, 9.17) is 16.0 Å². The Morgan fingerprint density at radius 1 is 1.14 bits per heavy atom. The molecular weight excluding hydrogens is 374 g/mol. The number of hydrogen-bond donors (Lipinski definition) is 2. The van der Waals surface area contributed by atoms with Gasteiger partial charge in [0.05, 0.1) is 0 Å². The Labute approximate surface area is 168 Å². The van der Waals surface area contributed by atoms with Crippen LogP contribution in [0.15, 0.2) is 59.0 Å². The normalized spacial score (nSPS) is 21.7. The number of amides is 1. The van der Waals surface area contributed by atoms with Crippen molar-refractivity contribution in [3.63, 3.8) is 0 Å². The molecule has 0 unspecified atom stereocenters. The number of hydrogen-bond acceptors (Lipinski definition) is 3. The van der Waals surface area contributed by atoms with E-state index < -0.39 is 5.60 Å². The van der Waals surface area contributed by atoms with Gasteiger partial charge in [-0.3, -0.25) is 4.79 Å². The van der Waals surface area contributed by atoms with Crippen LogP contribution in [0.25, 0.3) is 11.0 Å². The molecule has 3 aromatic rings. The highest BCUT2D eigenvalue weighted by Crippen LogP contribution is 2.28. The van der Waals surface area contributed by atoms with Gasteiger partial charge in [-0.1, -0.05) is 47.7 Å². The van der Waals surface area contributed by atoms with Crippen molar-refractivity contribution in [1.29, 1.82) is 0 Å². The van der Waals surface area contributed by atoms with Gasteiger partial charge in [0.1, 0.15) is 11.2 Å².